The number of hydrogen-bond acceptors (Lipinski definition) is 5. The van der Waals surface area contributed by atoms with Gasteiger partial charge >= 0.3 is 0 Å². The van der Waals surface area contributed by atoms with Crippen LogP contribution in [0.4, 0.5) is 13.2 Å². The maximum absolute atomic E-state index is 14.9. The van der Waals surface area contributed by atoms with E-state index in [9.17, 15) is 22.8 Å². The molecule has 0 N–H and O–H groups in total. The predicted octanol–water partition coefficient (Wildman–Crippen LogP) is 4.26. The monoisotopic (exact) mass is 550 g/mol. The topological polar surface area (TPSA) is 65.5 Å². The van der Waals surface area contributed by atoms with E-state index in [0.29, 0.717) is 44.1 Å². The van der Waals surface area contributed by atoms with Gasteiger partial charge in [0.1, 0.15) is 24.0 Å². The predicted molar refractivity (Wildman–Crippen MR) is 143 cm³/mol. The van der Waals surface area contributed by atoms with Crippen molar-refractivity contribution in [3.8, 4) is 0 Å². The van der Waals surface area contributed by atoms with Crippen LogP contribution in [0.5, 0.6) is 0 Å². The second kappa shape index (κ2) is 12.4. The average Bonchev–Trinajstić information content (AvgIpc) is 3.42. The lowest BCUT2D eigenvalue weighted by atomic mass is 9.98. The van der Waals surface area contributed by atoms with Gasteiger partial charge in [-0.2, -0.15) is 5.10 Å². The van der Waals surface area contributed by atoms with Crippen LogP contribution in [0.1, 0.15) is 33.9 Å². The van der Waals surface area contributed by atoms with Gasteiger partial charge in [0.2, 0.25) is 0 Å². The van der Waals surface area contributed by atoms with Crippen molar-refractivity contribution < 1.29 is 27.5 Å². The smallest absolute Gasteiger partial charge is 0.262 e. The summed E-state index contributed by atoms with van der Waals surface area (Å²) in [6, 6.07) is 16.7. The lowest BCUT2D eigenvalue weighted by Crippen LogP contribution is -2.46. The first-order valence-corrected chi connectivity index (χ1v) is 13.1. The molecule has 2 amide bonds. The van der Waals surface area contributed by atoms with Crippen LogP contribution in [-0.4, -0.2) is 78.3 Å². The summed E-state index contributed by atoms with van der Waals surface area (Å²) in [5.41, 5.74) is 1.23. The maximum atomic E-state index is 14.9. The first-order valence-electron chi connectivity index (χ1n) is 13.1. The molecular weight excluding hydrogens is 521 g/mol. The van der Waals surface area contributed by atoms with Crippen LogP contribution in [-0.2, 0) is 9.53 Å². The molecule has 0 bridgehead atoms. The van der Waals surface area contributed by atoms with Crippen molar-refractivity contribution in [2.24, 2.45) is 5.10 Å². The van der Waals surface area contributed by atoms with Gasteiger partial charge in [-0.15, -0.1) is 0 Å². The minimum Gasteiger partial charge on any atom is -0.379 e. The summed E-state index contributed by atoms with van der Waals surface area (Å²) in [4.78, 5) is 30.6. The summed E-state index contributed by atoms with van der Waals surface area (Å²) < 4.78 is 48.4. The zero-order valence-corrected chi connectivity index (χ0v) is 21.8. The minimum atomic E-state index is -0.765. The van der Waals surface area contributed by atoms with E-state index in [-0.39, 0.29) is 30.6 Å². The molecule has 5 rings (SSSR count). The Morgan fingerprint density at radius 1 is 0.900 bits per heavy atom. The molecule has 40 heavy (non-hydrogen) atoms. The molecule has 3 aromatic rings. The van der Waals surface area contributed by atoms with Crippen molar-refractivity contribution in [3.05, 3.63) is 107 Å². The molecule has 0 saturated carbocycles. The Bertz CT molecular complexity index is 1390. The average molecular weight is 551 g/mol. The molecule has 0 radical (unpaired) electrons. The Hall–Kier alpha value is -4.02. The fourth-order valence-corrected chi connectivity index (χ4v) is 4.92. The molecule has 0 aliphatic carbocycles. The molecule has 1 fully saturated rings. The molecular formula is C30H29F3N4O3. The van der Waals surface area contributed by atoms with Crippen LogP contribution in [0.2, 0.25) is 0 Å². The summed E-state index contributed by atoms with van der Waals surface area (Å²) in [5.74, 6) is -2.75. The number of hydrazone groups is 1. The number of carbonyl (C=O) groups is 2. The first-order chi connectivity index (χ1) is 19.4. The number of ether oxygens (including phenoxy) is 1. The Kier molecular flexibility index (Phi) is 8.57. The molecule has 208 valence electrons. The van der Waals surface area contributed by atoms with Gasteiger partial charge in [-0.3, -0.25) is 14.5 Å². The molecule has 2 heterocycles. The van der Waals surface area contributed by atoms with Crippen LogP contribution < -0.4 is 0 Å². The lowest BCUT2D eigenvalue weighted by molar-refractivity contribution is -0.133. The molecule has 1 saturated heterocycles. The number of benzene rings is 3. The van der Waals surface area contributed by atoms with Crippen LogP contribution >= 0.6 is 0 Å². The molecule has 3 aromatic carbocycles. The fourth-order valence-electron chi connectivity index (χ4n) is 4.92. The highest BCUT2D eigenvalue weighted by Crippen LogP contribution is 2.34. The van der Waals surface area contributed by atoms with Crippen molar-refractivity contribution in [1.29, 1.82) is 0 Å². The number of hydrogen-bond donors (Lipinski definition) is 0. The molecule has 1 atom stereocenters. The number of morpholine rings is 1. The molecule has 2 aliphatic heterocycles. The van der Waals surface area contributed by atoms with Crippen LogP contribution in [0.25, 0.3) is 0 Å². The third-order valence-corrected chi connectivity index (χ3v) is 7.12. The van der Waals surface area contributed by atoms with E-state index in [0.717, 1.165) is 0 Å². The van der Waals surface area contributed by atoms with Crippen LogP contribution in [0.15, 0.2) is 77.9 Å². The number of carbonyl (C=O) groups excluding carboxylic acids is 2. The van der Waals surface area contributed by atoms with Crippen molar-refractivity contribution >= 4 is 17.5 Å². The van der Waals surface area contributed by atoms with E-state index in [4.69, 9.17) is 4.74 Å². The van der Waals surface area contributed by atoms with E-state index in [2.05, 4.69) is 10.0 Å². The summed E-state index contributed by atoms with van der Waals surface area (Å²) in [6.07, 6.45) is 0.202. The van der Waals surface area contributed by atoms with Crippen LogP contribution in [0.3, 0.4) is 0 Å². The minimum absolute atomic E-state index is 0.139. The van der Waals surface area contributed by atoms with E-state index in [1.165, 1.54) is 46.3 Å². The normalized spacial score (nSPS) is 17.5. The zero-order valence-electron chi connectivity index (χ0n) is 21.8. The Labute approximate surface area is 230 Å². The number of amides is 2. The molecule has 10 heteroatoms. The summed E-state index contributed by atoms with van der Waals surface area (Å²) in [5, 5.41) is 5.70. The highest BCUT2D eigenvalue weighted by Gasteiger charge is 2.36. The Morgan fingerprint density at radius 2 is 1.57 bits per heavy atom. The summed E-state index contributed by atoms with van der Waals surface area (Å²) in [7, 11) is 0. The Balaban J connectivity index is 1.43. The number of nitrogens with zero attached hydrogens (tertiary/aromatic N) is 4. The molecule has 2 aliphatic rings. The molecule has 7 nitrogen and oxygen atoms in total. The maximum Gasteiger partial charge on any atom is 0.262 e. The molecule has 0 unspecified atom stereocenters. The zero-order chi connectivity index (χ0) is 28.1. The largest absolute Gasteiger partial charge is 0.379 e. The van der Waals surface area contributed by atoms with E-state index in [1.54, 1.807) is 36.4 Å². The highest BCUT2D eigenvalue weighted by atomic mass is 19.1. The van der Waals surface area contributed by atoms with Gasteiger partial charge in [-0.05, 0) is 35.9 Å². The lowest BCUT2D eigenvalue weighted by Gasteiger charge is -2.31. The van der Waals surface area contributed by atoms with Gasteiger partial charge in [-0.1, -0.05) is 42.5 Å². The number of halogens is 3. The van der Waals surface area contributed by atoms with Gasteiger partial charge in [0, 0.05) is 38.2 Å². The number of rotatable bonds is 8. The van der Waals surface area contributed by atoms with Crippen molar-refractivity contribution in [3.63, 3.8) is 0 Å². The van der Waals surface area contributed by atoms with E-state index >= 15 is 0 Å². The van der Waals surface area contributed by atoms with Gasteiger partial charge in [0.05, 0.1) is 30.5 Å². The summed E-state index contributed by atoms with van der Waals surface area (Å²) >= 11 is 0. The molecule has 0 spiro atoms. The van der Waals surface area contributed by atoms with Gasteiger partial charge in [-0.25, -0.2) is 18.2 Å². The van der Waals surface area contributed by atoms with Gasteiger partial charge in [0.25, 0.3) is 11.8 Å². The fraction of sp³-hybridized carbons (Fsp3) is 0.300. The molecule has 0 aromatic heterocycles. The van der Waals surface area contributed by atoms with Crippen molar-refractivity contribution in [1.82, 2.24) is 14.8 Å². The van der Waals surface area contributed by atoms with Crippen LogP contribution in [0, 0.1) is 17.5 Å². The second-order valence-corrected chi connectivity index (χ2v) is 9.69. The first kappa shape index (κ1) is 27.5. The van der Waals surface area contributed by atoms with Gasteiger partial charge in [0.15, 0.2) is 0 Å². The Morgan fingerprint density at radius 3 is 2.27 bits per heavy atom. The second-order valence-electron chi connectivity index (χ2n) is 9.69. The quantitative estimate of drug-likeness (QED) is 0.421. The van der Waals surface area contributed by atoms with E-state index in [1.807, 2.05) is 0 Å². The summed E-state index contributed by atoms with van der Waals surface area (Å²) in [6.45, 7) is 2.76. The standard InChI is InChI=1S/C30H29F3N4O3/c31-22-11-9-21(10-12-22)27-19-28(23-5-1-3-7-25(23)32)37(34-27)29(38)20-36(14-13-35-15-17-40-18-16-35)30(39)24-6-2-4-8-26(24)33/h1-12,28H,13-20H2/t28-/m0/s1. The van der Waals surface area contributed by atoms with E-state index < -0.39 is 35.3 Å². The van der Waals surface area contributed by atoms with Crippen molar-refractivity contribution in [2.75, 3.05) is 45.9 Å². The third kappa shape index (κ3) is 6.24. The van der Waals surface area contributed by atoms with Gasteiger partial charge < -0.3 is 9.64 Å². The third-order valence-electron chi connectivity index (χ3n) is 7.12. The highest BCUT2D eigenvalue weighted by molar-refractivity contribution is 6.03. The van der Waals surface area contributed by atoms with Crippen molar-refractivity contribution in [2.45, 2.75) is 12.5 Å². The SMILES string of the molecule is O=C(c1ccccc1F)N(CCN1CCOCC1)CC(=O)N1N=C(c2ccc(F)cc2)C[C@H]1c1ccccc1F.